The lowest BCUT2D eigenvalue weighted by Gasteiger charge is -2.28. The number of imidazole rings is 1. The van der Waals surface area contributed by atoms with Gasteiger partial charge in [0.25, 0.3) is 0 Å². The van der Waals surface area contributed by atoms with E-state index in [0.717, 1.165) is 56.5 Å². The zero-order chi connectivity index (χ0) is 21.6. The van der Waals surface area contributed by atoms with E-state index in [0.29, 0.717) is 11.9 Å². The molecule has 6 heteroatoms. The van der Waals surface area contributed by atoms with Crippen LogP contribution in [0.4, 0.5) is 0 Å². The van der Waals surface area contributed by atoms with Crippen molar-refractivity contribution in [2.24, 2.45) is 11.3 Å². The highest BCUT2D eigenvalue weighted by Gasteiger charge is 2.58. The normalized spacial score (nSPS) is 26.5. The fourth-order valence-electron chi connectivity index (χ4n) is 5.42. The average Bonchev–Trinajstić information content (AvgIpc) is 3.19. The van der Waals surface area contributed by atoms with E-state index >= 15 is 0 Å². The summed E-state index contributed by atoms with van der Waals surface area (Å²) in [7, 11) is 1.69. The first-order chi connectivity index (χ1) is 15.0. The summed E-state index contributed by atoms with van der Waals surface area (Å²) < 4.78 is 7.46. The summed E-state index contributed by atoms with van der Waals surface area (Å²) in [5.74, 6) is 2.12. The van der Waals surface area contributed by atoms with Crippen molar-refractivity contribution in [2.45, 2.75) is 51.6 Å². The Labute approximate surface area is 185 Å². The second-order valence-corrected chi connectivity index (χ2v) is 10.0. The second-order valence-electron chi connectivity index (χ2n) is 10.0. The van der Waals surface area contributed by atoms with Crippen LogP contribution in [0.25, 0.3) is 0 Å². The molecular weight excluding hydrogens is 388 g/mol. The molecule has 1 aromatic heterocycles. The summed E-state index contributed by atoms with van der Waals surface area (Å²) in [4.78, 5) is 23.1. The molecular formula is C25H34N4O2. The smallest absolute Gasteiger partial charge is 0.230 e. The molecule has 6 nitrogen and oxygen atoms in total. The van der Waals surface area contributed by atoms with Crippen molar-refractivity contribution in [1.82, 2.24) is 19.4 Å². The standard InChI is InChI=1S/C25H34N4O2/c1-18(2)29-15-23(26-17-29)22-14-27(12-19-6-8-21(31-3)9-7-19)16-25(22)10-11-28(24(25)30)13-20-4-5-20/h6-9,15,17-18,20,22H,4-5,10-14,16H2,1-3H3/t22-,25+/m0/s1. The number of methoxy groups -OCH3 is 1. The number of likely N-dealkylation sites (tertiary alicyclic amines) is 2. The van der Waals surface area contributed by atoms with Gasteiger partial charge in [-0.2, -0.15) is 0 Å². The van der Waals surface area contributed by atoms with Crippen molar-refractivity contribution in [3.63, 3.8) is 0 Å². The first kappa shape index (κ1) is 20.6. The van der Waals surface area contributed by atoms with E-state index in [4.69, 9.17) is 9.72 Å². The fourth-order valence-corrected chi connectivity index (χ4v) is 5.42. The third-order valence-electron chi connectivity index (χ3n) is 7.47. The van der Waals surface area contributed by atoms with Gasteiger partial charge in [0.05, 0.1) is 24.5 Å². The van der Waals surface area contributed by atoms with Crippen molar-refractivity contribution in [3.8, 4) is 5.75 Å². The molecule has 2 saturated heterocycles. The summed E-state index contributed by atoms with van der Waals surface area (Å²) in [5.41, 5.74) is 1.99. The van der Waals surface area contributed by atoms with Crippen molar-refractivity contribution >= 4 is 5.91 Å². The monoisotopic (exact) mass is 422 g/mol. The van der Waals surface area contributed by atoms with Crippen LogP contribution in [0.15, 0.2) is 36.8 Å². The predicted molar refractivity (Wildman–Crippen MR) is 120 cm³/mol. The molecule has 2 atom stereocenters. The molecule has 5 rings (SSSR count). The molecule has 0 radical (unpaired) electrons. The predicted octanol–water partition coefficient (Wildman–Crippen LogP) is 3.70. The summed E-state index contributed by atoms with van der Waals surface area (Å²) in [6.07, 6.45) is 7.61. The van der Waals surface area contributed by atoms with Gasteiger partial charge in [-0.1, -0.05) is 12.1 Å². The quantitative estimate of drug-likeness (QED) is 0.683. The van der Waals surface area contributed by atoms with Crippen LogP contribution in [0.3, 0.4) is 0 Å². The van der Waals surface area contributed by atoms with E-state index in [1.54, 1.807) is 7.11 Å². The van der Waals surface area contributed by atoms with Crippen LogP contribution in [0.2, 0.25) is 0 Å². The van der Waals surface area contributed by atoms with Gasteiger partial charge in [-0.3, -0.25) is 9.69 Å². The molecule has 1 amide bonds. The summed E-state index contributed by atoms with van der Waals surface area (Å²) in [6, 6.07) is 8.66. The van der Waals surface area contributed by atoms with Crippen LogP contribution < -0.4 is 4.74 Å². The zero-order valence-electron chi connectivity index (χ0n) is 19.0. The number of benzene rings is 1. The molecule has 1 spiro atoms. The molecule has 0 bridgehead atoms. The molecule has 3 heterocycles. The number of aromatic nitrogens is 2. The minimum absolute atomic E-state index is 0.155. The van der Waals surface area contributed by atoms with Gasteiger partial charge < -0.3 is 14.2 Å². The minimum Gasteiger partial charge on any atom is -0.497 e. The van der Waals surface area contributed by atoms with Gasteiger partial charge in [-0.25, -0.2) is 4.98 Å². The molecule has 0 N–H and O–H groups in total. The van der Waals surface area contributed by atoms with E-state index in [-0.39, 0.29) is 11.3 Å². The maximum absolute atomic E-state index is 13.7. The van der Waals surface area contributed by atoms with Crippen LogP contribution >= 0.6 is 0 Å². The summed E-state index contributed by atoms with van der Waals surface area (Å²) in [6.45, 7) is 8.73. The van der Waals surface area contributed by atoms with E-state index in [2.05, 4.69) is 46.5 Å². The Morgan fingerprint density at radius 1 is 1.23 bits per heavy atom. The molecule has 166 valence electrons. The van der Waals surface area contributed by atoms with Crippen molar-refractivity contribution in [1.29, 1.82) is 0 Å². The topological polar surface area (TPSA) is 50.6 Å². The van der Waals surface area contributed by atoms with Gasteiger partial charge >= 0.3 is 0 Å². The lowest BCUT2D eigenvalue weighted by Crippen LogP contribution is -2.40. The van der Waals surface area contributed by atoms with Crippen LogP contribution in [0.1, 0.15) is 56.3 Å². The van der Waals surface area contributed by atoms with Crippen LogP contribution in [-0.2, 0) is 11.3 Å². The first-order valence-electron chi connectivity index (χ1n) is 11.7. The van der Waals surface area contributed by atoms with E-state index in [9.17, 15) is 4.79 Å². The maximum atomic E-state index is 13.7. The Morgan fingerprint density at radius 2 is 2.00 bits per heavy atom. The molecule has 1 saturated carbocycles. The van der Waals surface area contributed by atoms with Crippen molar-refractivity contribution in [2.75, 3.05) is 33.3 Å². The molecule has 3 aliphatic rings. The molecule has 1 aliphatic carbocycles. The molecule has 2 aromatic rings. The van der Waals surface area contributed by atoms with Crippen molar-refractivity contribution < 1.29 is 9.53 Å². The third-order valence-corrected chi connectivity index (χ3v) is 7.47. The number of hydrogen-bond acceptors (Lipinski definition) is 4. The van der Waals surface area contributed by atoms with Gasteiger partial charge in [-0.15, -0.1) is 0 Å². The molecule has 3 fully saturated rings. The maximum Gasteiger partial charge on any atom is 0.230 e. The Balaban J connectivity index is 1.40. The zero-order valence-corrected chi connectivity index (χ0v) is 19.0. The van der Waals surface area contributed by atoms with E-state index in [1.165, 1.54) is 18.4 Å². The number of ether oxygens (including phenoxy) is 1. The minimum atomic E-state index is -0.336. The van der Waals surface area contributed by atoms with E-state index < -0.39 is 0 Å². The first-order valence-corrected chi connectivity index (χ1v) is 11.7. The molecule has 0 unspecified atom stereocenters. The summed E-state index contributed by atoms with van der Waals surface area (Å²) >= 11 is 0. The van der Waals surface area contributed by atoms with Crippen LogP contribution in [0, 0.1) is 11.3 Å². The van der Waals surface area contributed by atoms with Gasteiger partial charge in [-0.05, 0) is 56.7 Å². The number of carbonyl (C=O) groups excluding carboxylic acids is 1. The molecule has 31 heavy (non-hydrogen) atoms. The van der Waals surface area contributed by atoms with Gasteiger partial charge in [0.1, 0.15) is 5.75 Å². The molecule has 2 aliphatic heterocycles. The highest BCUT2D eigenvalue weighted by atomic mass is 16.5. The van der Waals surface area contributed by atoms with Crippen LogP contribution in [-0.4, -0.2) is 58.5 Å². The number of rotatable bonds is 7. The molecule has 1 aromatic carbocycles. The Morgan fingerprint density at radius 3 is 2.65 bits per heavy atom. The Bertz CT molecular complexity index is 933. The Hall–Kier alpha value is -2.34. The average molecular weight is 423 g/mol. The largest absolute Gasteiger partial charge is 0.497 e. The highest BCUT2D eigenvalue weighted by Crippen LogP contribution is 2.50. The third kappa shape index (κ3) is 3.86. The van der Waals surface area contributed by atoms with Crippen LogP contribution in [0.5, 0.6) is 5.75 Å². The summed E-state index contributed by atoms with van der Waals surface area (Å²) in [5, 5.41) is 0. The number of hydrogen-bond donors (Lipinski definition) is 0. The van der Waals surface area contributed by atoms with Gasteiger partial charge in [0, 0.05) is 50.9 Å². The lowest BCUT2D eigenvalue weighted by atomic mass is 9.75. The second kappa shape index (κ2) is 7.97. The number of nitrogens with zero attached hydrogens (tertiary/aromatic N) is 4. The number of carbonyl (C=O) groups is 1. The number of amides is 1. The van der Waals surface area contributed by atoms with Crippen molar-refractivity contribution in [3.05, 3.63) is 48.0 Å². The lowest BCUT2D eigenvalue weighted by molar-refractivity contribution is -0.136. The SMILES string of the molecule is COc1ccc(CN2C[C@@H](c3cn(C(C)C)cn3)[C@@]3(CCN(CC4CC4)C3=O)C2)cc1. The Kier molecular flexibility index (Phi) is 5.29. The van der Waals surface area contributed by atoms with E-state index in [1.807, 2.05) is 18.5 Å². The van der Waals surface area contributed by atoms with Gasteiger partial charge in [0.15, 0.2) is 0 Å². The van der Waals surface area contributed by atoms with Gasteiger partial charge in [0.2, 0.25) is 5.91 Å². The highest BCUT2D eigenvalue weighted by molar-refractivity contribution is 5.87. The fraction of sp³-hybridized carbons (Fsp3) is 0.600.